The van der Waals surface area contributed by atoms with Crippen LogP contribution in [0.2, 0.25) is 0 Å². The summed E-state index contributed by atoms with van der Waals surface area (Å²) in [7, 11) is 0. The average molecular weight is 443 g/mol. The topological polar surface area (TPSA) is 52.1 Å². The minimum absolute atomic E-state index is 0.403. The van der Waals surface area contributed by atoms with Gasteiger partial charge in [0.05, 0.1) is 11.3 Å². The van der Waals surface area contributed by atoms with Gasteiger partial charge < -0.3 is 4.74 Å². The van der Waals surface area contributed by atoms with E-state index >= 15 is 0 Å². The number of esters is 1. The van der Waals surface area contributed by atoms with E-state index in [-0.39, 0.29) is 0 Å². The number of hydrogen-bond acceptors (Lipinski definition) is 5. The van der Waals surface area contributed by atoms with Gasteiger partial charge in [0.1, 0.15) is 16.8 Å². The van der Waals surface area contributed by atoms with Crippen LogP contribution in [0.1, 0.15) is 32.0 Å². The average Bonchev–Trinajstić information content (AvgIpc) is 3.15. The highest BCUT2D eigenvalue weighted by Gasteiger charge is 2.19. The number of nitrogens with zero attached hydrogens (tertiary/aromatic N) is 2. The smallest absolute Gasteiger partial charge is 0.338 e. The van der Waals surface area contributed by atoms with Gasteiger partial charge in [0.2, 0.25) is 0 Å². The third-order valence-corrected chi connectivity index (χ3v) is 5.03. The number of carbonyl (C=O) groups excluding carboxylic acids is 1. The van der Waals surface area contributed by atoms with Crippen molar-refractivity contribution in [2.24, 2.45) is 0 Å². The van der Waals surface area contributed by atoms with Gasteiger partial charge in [-0.15, -0.1) is 11.3 Å². The highest BCUT2D eigenvalue weighted by atomic mass is 32.1. The second-order valence-electron chi connectivity index (χ2n) is 7.87. The summed E-state index contributed by atoms with van der Waals surface area (Å²) in [5, 5.41) is 2.95. The second kappa shape index (κ2) is 11.2. The zero-order valence-corrected chi connectivity index (χ0v) is 19.3. The Hall–Kier alpha value is -3.57. The lowest BCUT2D eigenvalue weighted by Gasteiger charge is -2.19. The quantitative estimate of drug-likeness (QED) is 0.457. The van der Waals surface area contributed by atoms with Gasteiger partial charge in [-0.3, -0.25) is 0 Å². The molecule has 162 valence electrons. The number of rotatable bonds is 1. The molecule has 0 aliphatic heterocycles. The van der Waals surface area contributed by atoms with Crippen molar-refractivity contribution in [3.63, 3.8) is 0 Å². The normalized spacial score (nSPS) is 14.8. The van der Waals surface area contributed by atoms with Crippen LogP contribution in [-0.2, 0) is 9.53 Å². The molecule has 0 saturated heterocycles. The Morgan fingerprint density at radius 2 is 1.38 bits per heavy atom. The summed E-state index contributed by atoms with van der Waals surface area (Å²) in [6, 6.07) is 0. The lowest BCUT2D eigenvalue weighted by Crippen LogP contribution is -2.24. The van der Waals surface area contributed by atoms with Crippen LogP contribution in [0.25, 0.3) is 22.4 Å². The molecular weight excluding hydrogens is 416 g/mol. The molecule has 0 bridgehead atoms. The van der Waals surface area contributed by atoms with E-state index in [1.54, 1.807) is 23.5 Å². The predicted octanol–water partition coefficient (Wildman–Crippen LogP) is 6.78. The van der Waals surface area contributed by atoms with E-state index in [1.807, 2.05) is 105 Å². The van der Waals surface area contributed by atoms with Crippen molar-refractivity contribution in [1.29, 1.82) is 0 Å². The van der Waals surface area contributed by atoms with Gasteiger partial charge in [-0.1, -0.05) is 79.0 Å². The SMILES string of the molecule is CC(C)(C)OC(=O)C1=Cc2ncnc3scc(c23)C=CC=CC=CC=CC=CC=CC=C1. The third-order valence-electron chi connectivity index (χ3n) is 4.13. The van der Waals surface area contributed by atoms with Crippen LogP contribution in [-0.4, -0.2) is 21.5 Å². The van der Waals surface area contributed by atoms with Gasteiger partial charge in [-0.2, -0.15) is 0 Å². The lowest BCUT2D eigenvalue weighted by molar-refractivity contribution is -0.149. The number of hydrogen-bond donors (Lipinski definition) is 0. The first-order valence-corrected chi connectivity index (χ1v) is 11.2. The molecule has 0 N–H and O–H groups in total. The van der Waals surface area contributed by atoms with Crippen LogP contribution < -0.4 is 0 Å². The summed E-state index contributed by atoms with van der Waals surface area (Å²) in [4.78, 5) is 22.6. The molecule has 1 aliphatic carbocycles. The molecule has 0 fully saturated rings. The zero-order valence-electron chi connectivity index (χ0n) is 18.4. The lowest BCUT2D eigenvalue weighted by atomic mass is 10.1. The number of aromatic nitrogens is 2. The summed E-state index contributed by atoms with van der Waals surface area (Å²) in [6.45, 7) is 5.55. The minimum atomic E-state index is -0.598. The molecule has 5 heteroatoms. The van der Waals surface area contributed by atoms with Crippen molar-refractivity contribution in [2.45, 2.75) is 26.4 Å². The maximum absolute atomic E-state index is 12.9. The molecule has 0 atom stereocenters. The van der Waals surface area contributed by atoms with Gasteiger partial charge >= 0.3 is 5.97 Å². The molecule has 4 nitrogen and oxygen atoms in total. The van der Waals surface area contributed by atoms with E-state index in [2.05, 4.69) is 9.97 Å². The molecule has 2 heterocycles. The summed E-state index contributed by atoms with van der Waals surface area (Å²) in [5.74, 6) is -0.403. The van der Waals surface area contributed by atoms with E-state index < -0.39 is 11.6 Å². The molecule has 0 unspecified atom stereocenters. The third kappa shape index (κ3) is 7.00. The van der Waals surface area contributed by atoms with E-state index in [0.29, 0.717) is 11.3 Å². The number of allylic oxidation sites excluding steroid dienone is 12. The maximum Gasteiger partial charge on any atom is 0.338 e. The Bertz CT molecular complexity index is 1200. The van der Waals surface area contributed by atoms with Gasteiger partial charge in [-0.25, -0.2) is 14.8 Å². The fraction of sp³-hybridized carbons (Fsp3) is 0.148. The molecule has 0 aromatic carbocycles. The molecule has 0 saturated carbocycles. The second-order valence-corrected chi connectivity index (χ2v) is 8.73. The summed E-state index contributed by atoms with van der Waals surface area (Å²) in [6.07, 6.45) is 30.2. The first kappa shape index (κ1) is 23.1. The number of thiophene rings is 1. The zero-order chi connectivity index (χ0) is 22.8. The number of carbonyl (C=O) groups is 1. The monoisotopic (exact) mass is 442 g/mol. The predicted molar refractivity (Wildman–Crippen MR) is 135 cm³/mol. The van der Waals surface area contributed by atoms with Crippen LogP contribution in [0.5, 0.6) is 0 Å². The first-order chi connectivity index (χ1) is 15.4. The number of ether oxygens (including phenoxy) is 1. The molecule has 32 heavy (non-hydrogen) atoms. The van der Waals surface area contributed by atoms with Crippen molar-refractivity contribution in [2.75, 3.05) is 0 Å². The highest BCUT2D eigenvalue weighted by molar-refractivity contribution is 7.17. The fourth-order valence-electron chi connectivity index (χ4n) is 2.77. The minimum Gasteiger partial charge on any atom is -0.456 e. The van der Waals surface area contributed by atoms with E-state index in [1.165, 1.54) is 6.33 Å². The molecule has 0 spiro atoms. The van der Waals surface area contributed by atoms with Crippen LogP contribution in [0, 0.1) is 0 Å². The Morgan fingerprint density at radius 1 is 0.812 bits per heavy atom. The van der Waals surface area contributed by atoms with Gasteiger partial charge in [0.15, 0.2) is 0 Å². The molecular formula is C27H26N2O2S. The summed E-state index contributed by atoms with van der Waals surface area (Å²) in [5.41, 5.74) is 1.49. The van der Waals surface area contributed by atoms with Gasteiger partial charge in [0.25, 0.3) is 0 Å². The van der Waals surface area contributed by atoms with Crippen LogP contribution in [0.4, 0.5) is 0 Å². The van der Waals surface area contributed by atoms with Crippen molar-refractivity contribution >= 4 is 39.7 Å². The summed E-state index contributed by atoms with van der Waals surface area (Å²) >= 11 is 1.55. The van der Waals surface area contributed by atoms with E-state index in [9.17, 15) is 4.79 Å². The first-order valence-electron chi connectivity index (χ1n) is 10.3. The van der Waals surface area contributed by atoms with Crippen molar-refractivity contribution in [3.8, 4) is 0 Å². The fourth-order valence-corrected chi connectivity index (χ4v) is 3.66. The van der Waals surface area contributed by atoms with E-state index in [4.69, 9.17) is 4.74 Å². The van der Waals surface area contributed by atoms with Crippen LogP contribution in [0.3, 0.4) is 0 Å². The van der Waals surface area contributed by atoms with Crippen LogP contribution >= 0.6 is 11.3 Å². The Morgan fingerprint density at radius 3 is 1.97 bits per heavy atom. The van der Waals surface area contributed by atoms with Gasteiger partial charge in [0, 0.05) is 10.8 Å². The molecule has 0 radical (unpaired) electrons. The summed E-state index contributed by atoms with van der Waals surface area (Å²) < 4.78 is 5.62. The highest BCUT2D eigenvalue weighted by Crippen LogP contribution is 2.29. The molecule has 3 rings (SSSR count). The van der Waals surface area contributed by atoms with Gasteiger partial charge in [-0.05, 0) is 38.5 Å². The Balaban J connectivity index is 2.11. The molecule has 1 aliphatic rings. The van der Waals surface area contributed by atoms with Crippen molar-refractivity contribution in [1.82, 2.24) is 9.97 Å². The maximum atomic E-state index is 12.9. The standard InChI is InChI=1S/C27H26N2O2S/c1-27(2,3)31-26(30)21-16-14-12-10-8-6-4-5-7-9-11-13-15-17-22-19-32-25-24(22)23(18-21)28-20-29-25/h4-20H,1-3H3. The molecule has 2 aromatic rings. The Labute approximate surface area is 193 Å². The molecule has 0 amide bonds. The van der Waals surface area contributed by atoms with Crippen LogP contribution in [0.15, 0.2) is 96.3 Å². The molecule has 2 aromatic heterocycles. The van der Waals surface area contributed by atoms with Crippen molar-refractivity contribution in [3.05, 3.63) is 108 Å². The van der Waals surface area contributed by atoms with Crippen molar-refractivity contribution < 1.29 is 9.53 Å². The van der Waals surface area contributed by atoms with E-state index in [0.717, 1.165) is 15.8 Å². The largest absolute Gasteiger partial charge is 0.456 e. The Kier molecular flexibility index (Phi) is 8.06.